The molecule has 0 aliphatic carbocycles. The highest BCUT2D eigenvalue weighted by atomic mass is 32.1. The molecule has 0 aliphatic heterocycles. The first-order valence-corrected chi connectivity index (χ1v) is 11.8. The summed E-state index contributed by atoms with van der Waals surface area (Å²) in [6, 6.07) is 20.9. The predicted octanol–water partition coefficient (Wildman–Crippen LogP) is 5.89. The topological polar surface area (TPSA) is 72.5 Å². The Morgan fingerprint density at radius 2 is 1.70 bits per heavy atom. The van der Waals surface area contributed by atoms with Crippen molar-refractivity contribution in [3.63, 3.8) is 0 Å². The average molecular weight is 478 g/mol. The van der Waals surface area contributed by atoms with Crippen molar-refractivity contribution in [3.8, 4) is 22.1 Å². The molecule has 4 aromatic rings. The van der Waals surface area contributed by atoms with Crippen LogP contribution in [0.25, 0.3) is 20.8 Å². The molecule has 8 heteroatoms. The fourth-order valence-electron chi connectivity index (χ4n) is 3.27. The van der Waals surface area contributed by atoms with Crippen LogP contribution in [0, 0.1) is 0 Å². The molecule has 168 valence electrons. The highest BCUT2D eigenvalue weighted by Crippen LogP contribution is 2.31. The van der Waals surface area contributed by atoms with Crippen LogP contribution in [0.1, 0.15) is 24.2 Å². The van der Waals surface area contributed by atoms with Gasteiger partial charge in [-0.15, -0.1) is 11.3 Å². The maximum absolute atomic E-state index is 12.8. The first-order valence-electron chi connectivity index (χ1n) is 10.5. The van der Waals surface area contributed by atoms with E-state index in [0.29, 0.717) is 30.3 Å². The Morgan fingerprint density at radius 1 is 0.970 bits per heavy atom. The quantitative estimate of drug-likeness (QED) is 0.324. The molecule has 0 saturated carbocycles. The van der Waals surface area contributed by atoms with E-state index in [-0.39, 0.29) is 11.0 Å². The number of para-hydroxylation sites is 1. The standard InChI is InChI=1S/C25H23N3O3S2/c1-3-30-19-13-17(14-20(15-19)31-4-2)23(29)28-25(32)26-18-9-7-8-16(12-18)24-27-21-10-5-6-11-22(21)33-24/h5-15H,3-4H2,1-2H3,(H2,26,28,29,32). The number of hydrogen-bond acceptors (Lipinski definition) is 6. The van der Waals surface area contributed by atoms with Crippen LogP contribution in [0.5, 0.6) is 11.5 Å². The summed E-state index contributed by atoms with van der Waals surface area (Å²) in [5.74, 6) is 0.782. The van der Waals surface area contributed by atoms with E-state index in [4.69, 9.17) is 26.7 Å². The number of thiazole rings is 1. The van der Waals surface area contributed by atoms with E-state index < -0.39 is 0 Å². The van der Waals surface area contributed by atoms with Gasteiger partial charge in [0.05, 0.1) is 23.4 Å². The number of anilines is 1. The summed E-state index contributed by atoms with van der Waals surface area (Å²) in [7, 11) is 0. The van der Waals surface area contributed by atoms with Crippen molar-refractivity contribution in [1.82, 2.24) is 10.3 Å². The lowest BCUT2D eigenvalue weighted by atomic mass is 10.2. The molecule has 3 aromatic carbocycles. The molecule has 0 radical (unpaired) electrons. The molecule has 1 aromatic heterocycles. The lowest BCUT2D eigenvalue weighted by Gasteiger charge is -2.13. The molecule has 1 heterocycles. The molecule has 0 saturated heterocycles. The van der Waals surface area contributed by atoms with Gasteiger partial charge in [-0.3, -0.25) is 10.1 Å². The van der Waals surface area contributed by atoms with Crippen molar-refractivity contribution < 1.29 is 14.3 Å². The number of nitrogens with one attached hydrogen (secondary N) is 2. The van der Waals surface area contributed by atoms with Crippen molar-refractivity contribution in [2.75, 3.05) is 18.5 Å². The third-order valence-corrected chi connectivity index (χ3v) is 5.94. The molecule has 0 atom stereocenters. The molecule has 6 nitrogen and oxygen atoms in total. The maximum Gasteiger partial charge on any atom is 0.257 e. The Bertz CT molecular complexity index is 1250. The Labute approximate surface area is 201 Å². The van der Waals surface area contributed by atoms with Crippen LogP contribution in [0.3, 0.4) is 0 Å². The van der Waals surface area contributed by atoms with E-state index in [2.05, 4.69) is 16.7 Å². The van der Waals surface area contributed by atoms with E-state index in [9.17, 15) is 4.79 Å². The zero-order valence-electron chi connectivity index (χ0n) is 18.3. The minimum absolute atomic E-state index is 0.196. The molecule has 33 heavy (non-hydrogen) atoms. The third-order valence-electron chi connectivity index (χ3n) is 4.65. The van der Waals surface area contributed by atoms with Crippen molar-refractivity contribution in [2.24, 2.45) is 0 Å². The summed E-state index contributed by atoms with van der Waals surface area (Å²) in [6.45, 7) is 4.74. The van der Waals surface area contributed by atoms with E-state index in [1.54, 1.807) is 29.5 Å². The monoisotopic (exact) mass is 477 g/mol. The van der Waals surface area contributed by atoms with Crippen molar-refractivity contribution in [2.45, 2.75) is 13.8 Å². The smallest absolute Gasteiger partial charge is 0.257 e. The average Bonchev–Trinajstić information content (AvgIpc) is 3.24. The largest absolute Gasteiger partial charge is 0.494 e. The van der Waals surface area contributed by atoms with E-state index in [1.807, 2.05) is 56.3 Å². The highest BCUT2D eigenvalue weighted by molar-refractivity contribution is 7.80. The van der Waals surface area contributed by atoms with Gasteiger partial charge in [-0.1, -0.05) is 24.3 Å². The number of amides is 1. The lowest BCUT2D eigenvalue weighted by Crippen LogP contribution is -2.34. The Kier molecular flexibility index (Phi) is 7.16. The molecular weight excluding hydrogens is 454 g/mol. The van der Waals surface area contributed by atoms with Gasteiger partial charge < -0.3 is 14.8 Å². The number of rotatable bonds is 7. The summed E-state index contributed by atoms with van der Waals surface area (Å²) in [5, 5.41) is 6.92. The van der Waals surface area contributed by atoms with Crippen LogP contribution in [0.2, 0.25) is 0 Å². The van der Waals surface area contributed by atoms with Gasteiger partial charge in [0, 0.05) is 22.9 Å². The molecule has 4 rings (SSSR count). The van der Waals surface area contributed by atoms with Crippen molar-refractivity contribution in [3.05, 3.63) is 72.3 Å². The number of aromatic nitrogens is 1. The summed E-state index contributed by atoms with van der Waals surface area (Å²) in [6.07, 6.45) is 0. The molecule has 0 bridgehead atoms. The minimum atomic E-state index is -0.350. The van der Waals surface area contributed by atoms with Gasteiger partial charge >= 0.3 is 0 Å². The fraction of sp³-hybridized carbons (Fsp3) is 0.160. The molecule has 2 N–H and O–H groups in total. The molecule has 0 unspecified atom stereocenters. The van der Waals surface area contributed by atoms with Crippen LogP contribution in [0.4, 0.5) is 5.69 Å². The number of hydrogen-bond donors (Lipinski definition) is 2. The van der Waals surface area contributed by atoms with Crippen LogP contribution in [0.15, 0.2) is 66.7 Å². The number of thiocarbonyl (C=S) groups is 1. The van der Waals surface area contributed by atoms with Crippen LogP contribution in [-0.2, 0) is 0 Å². The molecule has 0 fully saturated rings. The summed E-state index contributed by atoms with van der Waals surface area (Å²) >= 11 is 7.01. The zero-order chi connectivity index (χ0) is 23.2. The van der Waals surface area contributed by atoms with Crippen molar-refractivity contribution >= 4 is 50.5 Å². The number of fused-ring (bicyclic) bond motifs is 1. The number of benzene rings is 3. The summed E-state index contributed by atoms with van der Waals surface area (Å²) in [5.41, 5.74) is 3.10. The zero-order valence-corrected chi connectivity index (χ0v) is 19.9. The number of carbonyl (C=O) groups is 1. The van der Waals surface area contributed by atoms with Gasteiger partial charge in [0.1, 0.15) is 16.5 Å². The Hall–Kier alpha value is -3.49. The van der Waals surface area contributed by atoms with Crippen LogP contribution < -0.4 is 20.1 Å². The van der Waals surface area contributed by atoms with E-state index in [1.165, 1.54) is 0 Å². The second kappa shape index (κ2) is 10.4. The van der Waals surface area contributed by atoms with Gasteiger partial charge in [-0.2, -0.15) is 0 Å². The number of nitrogens with zero attached hydrogens (tertiary/aromatic N) is 1. The van der Waals surface area contributed by atoms with E-state index >= 15 is 0 Å². The SMILES string of the molecule is CCOc1cc(OCC)cc(C(=O)NC(=S)Nc2cccc(-c3nc4ccccc4s3)c2)c1. The van der Waals surface area contributed by atoms with Gasteiger partial charge in [0.15, 0.2) is 5.11 Å². The first-order chi connectivity index (χ1) is 16.1. The minimum Gasteiger partial charge on any atom is -0.494 e. The molecule has 0 spiro atoms. The molecule has 0 aliphatic rings. The highest BCUT2D eigenvalue weighted by Gasteiger charge is 2.13. The van der Waals surface area contributed by atoms with Gasteiger partial charge in [0.2, 0.25) is 0 Å². The number of ether oxygens (including phenoxy) is 2. The van der Waals surface area contributed by atoms with E-state index in [0.717, 1.165) is 26.5 Å². The summed E-state index contributed by atoms with van der Waals surface area (Å²) < 4.78 is 12.2. The first kappa shape index (κ1) is 22.7. The second-order valence-corrected chi connectivity index (χ2v) is 8.47. The Balaban J connectivity index is 1.47. The van der Waals surface area contributed by atoms with Gasteiger partial charge in [0.25, 0.3) is 5.91 Å². The van der Waals surface area contributed by atoms with Crippen LogP contribution in [-0.4, -0.2) is 29.2 Å². The third kappa shape index (κ3) is 5.66. The predicted molar refractivity (Wildman–Crippen MR) is 138 cm³/mol. The fourth-order valence-corrected chi connectivity index (χ4v) is 4.44. The van der Waals surface area contributed by atoms with Crippen LogP contribution >= 0.6 is 23.6 Å². The molecule has 1 amide bonds. The number of carbonyl (C=O) groups excluding carboxylic acids is 1. The normalized spacial score (nSPS) is 10.6. The van der Waals surface area contributed by atoms with Gasteiger partial charge in [-0.05, 0) is 62.5 Å². The Morgan fingerprint density at radius 3 is 2.39 bits per heavy atom. The maximum atomic E-state index is 12.8. The molecular formula is C25H23N3O3S2. The summed E-state index contributed by atoms with van der Waals surface area (Å²) in [4.78, 5) is 17.5. The van der Waals surface area contributed by atoms with Crippen molar-refractivity contribution in [1.29, 1.82) is 0 Å². The van der Waals surface area contributed by atoms with Gasteiger partial charge in [-0.25, -0.2) is 4.98 Å². The lowest BCUT2D eigenvalue weighted by molar-refractivity contribution is 0.0976. The second-order valence-electron chi connectivity index (χ2n) is 7.03.